The number of nitrogens with one attached hydrogen (secondary N) is 1. The van der Waals surface area contributed by atoms with Gasteiger partial charge in [-0.3, -0.25) is 0 Å². The Kier molecular flexibility index (Phi) is 6.50. The number of aryl methyl sites for hydroxylation is 2. The third kappa shape index (κ3) is 4.97. The molecule has 0 radical (unpaired) electrons. The molecule has 0 aliphatic carbocycles. The van der Waals surface area contributed by atoms with Crippen molar-refractivity contribution in [3.63, 3.8) is 0 Å². The van der Waals surface area contributed by atoms with E-state index in [1.165, 1.54) is 0 Å². The van der Waals surface area contributed by atoms with Crippen LogP contribution in [0.2, 0.25) is 0 Å². The summed E-state index contributed by atoms with van der Waals surface area (Å²) in [5, 5.41) is 18.2. The van der Waals surface area contributed by atoms with E-state index in [2.05, 4.69) is 31.2 Å². The van der Waals surface area contributed by atoms with Crippen molar-refractivity contribution in [3.05, 3.63) is 33.9 Å². The predicted octanol–water partition coefficient (Wildman–Crippen LogP) is 2.73. The summed E-state index contributed by atoms with van der Waals surface area (Å²) in [6, 6.07) is 3.66. The highest BCUT2D eigenvalue weighted by molar-refractivity contribution is 9.10. The van der Waals surface area contributed by atoms with Crippen LogP contribution in [0.25, 0.3) is 0 Å². The summed E-state index contributed by atoms with van der Waals surface area (Å²) in [5.74, 6) is 0.676. The molecule has 0 aliphatic rings. The van der Waals surface area contributed by atoms with Gasteiger partial charge < -0.3 is 15.2 Å². The van der Waals surface area contributed by atoms with E-state index in [-0.39, 0.29) is 0 Å². The Morgan fingerprint density at radius 1 is 1.32 bits per heavy atom. The minimum atomic E-state index is -1.53. The van der Waals surface area contributed by atoms with Gasteiger partial charge in [-0.25, -0.2) is 14.3 Å². The number of aliphatic hydroxyl groups excluding tert-OH is 1. The van der Waals surface area contributed by atoms with Crippen LogP contribution in [-0.2, 0) is 11.0 Å². The van der Waals surface area contributed by atoms with E-state index in [0.29, 0.717) is 21.2 Å². The summed E-state index contributed by atoms with van der Waals surface area (Å²) < 4.78 is 17.8. The number of hydrogen-bond acceptors (Lipinski definition) is 6. The van der Waals surface area contributed by atoms with Crippen LogP contribution in [0.5, 0.6) is 5.88 Å². The third-order valence-electron chi connectivity index (χ3n) is 3.61. The number of rotatable bonds is 6. The third-order valence-corrected chi connectivity index (χ3v) is 5.20. The van der Waals surface area contributed by atoms with Crippen molar-refractivity contribution in [2.24, 2.45) is 5.14 Å². The van der Waals surface area contributed by atoms with Crippen LogP contribution < -0.4 is 15.2 Å². The normalized spacial score (nSPS) is 14.7. The predicted molar refractivity (Wildman–Crippen MR) is 101 cm³/mol. The summed E-state index contributed by atoms with van der Waals surface area (Å²) >= 11 is 3.34. The number of hydrogen-bond donors (Lipinski definition) is 3. The number of aromatic nitrogens is 2. The number of benzene rings is 1. The van der Waals surface area contributed by atoms with Crippen molar-refractivity contribution in [2.45, 2.75) is 44.8 Å². The van der Waals surface area contributed by atoms with Crippen LogP contribution >= 0.6 is 15.9 Å². The Balaban J connectivity index is 2.28. The smallest absolute Gasteiger partial charge is 0.233 e. The van der Waals surface area contributed by atoms with Gasteiger partial charge in [0.1, 0.15) is 17.1 Å². The first-order chi connectivity index (χ1) is 11.7. The molecule has 0 spiro atoms. The van der Waals surface area contributed by atoms with E-state index in [4.69, 9.17) is 9.88 Å². The highest BCUT2D eigenvalue weighted by Crippen LogP contribution is 2.27. The molecular weight excluding hydrogens is 408 g/mol. The van der Waals surface area contributed by atoms with Crippen molar-refractivity contribution in [1.29, 1.82) is 0 Å². The monoisotopic (exact) mass is 428 g/mol. The molecule has 7 nitrogen and oxygen atoms in total. The lowest BCUT2D eigenvalue weighted by Gasteiger charge is -2.18. The summed E-state index contributed by atoms with van der Waals surface area (Å²) in [5.41, 5.74) is 2.39. The zero-order valence-electron chi connectivity index (χ0n) is 14.4. The van der Waals surface area contributed by atoms with E-state index < -0.39 is 23.2 Å². The fraction of sp³-hybridized carbons (Fsp3) is 0.375. The van der Waals surface area contributed by atoms with Gasteiger partial charge in [-0.15, -0.1) is 0 Å². The summed E-state index contributed by atoms with van der Waals surface area (Å²) in [7, 11) is -1.53. The Bertz CT molecular complexity index is 778. The Morgan fingerprint density at radius 2 is 1.92 bits per heavy atom. The molecule has 25 heavy (non-hydrogen) atoms. The van der Waals surface area contributed by atoms with Gasteiger partial charge in [-0.1, -0.05) is 0 Å². The van der Waals surface area contributed by atoms with Gasteiger partial charge in [0.15, 0.2) is 0 Å². The second-order valence-electron chi connectivity index (χ2n) is 5.77. The number of aliphatic hydroxyl groups is 1. The van der Waals surface area contributed by atoms with Gasteiger partial charge in [-0.2, -0.15) is 4.98 Å². The van der Waals surface area contributed by atoms with Crippen LogP contribution in [0.15, 0.2) is 27.7 Å². The van der Waals surface area contributed by atoms with Crippen molar-refractivity contribution in [1.82, 2.24) is 9.97 Å². The van der Waals surface area contributed by atoms with Crippen LogP contribution in [0.3, 0.4) is 0 Å². The van der Waals surface area contributed by atoms with Crippen LogP contribution in [-0.4, -0.2) is 31.5 Å². The second-order valence-corrected chi connectivity index (χ2v) is 7.63. The van der Waals surface area contributed by atoms with E-state index >= 15 is 0 Å². The fourth-order valence-electron chi connectivity index (χ4n) is 2.24. The second kappa shape index (κ2) is 8.22. The average molecular weight is 429 g/mol. The van der Waals surface area contributed by atoms with Crippen LogP contribution in [0, 0.1) is 13.8 Å². The summed E-state index contributed by atoms with van der Waals surface area (Å²) in [4.78, 5) is 9.15. The van der Waals surface area contributed by atoms with Gasteiger partial charge in [0, 0.05) is 5.69 Å². The molecule has 2 aromatic rings. The standard InChI is InChI=1S/C16H21BrN4O3S/c1-8-5-12(6-9(2)14(8)25(18)23)20-16-19-7-13(17)15(21-16)24-11(4)10(3)22/h5-7,10-11,22H,18H2,1-4H3,(H,19,20,21)/t10-,11-,25?/m1/s1. The number of nitrogens with two attached hydrogens (primary N) is 1. The van der Waals surface area contributed by atoms with Crippen LogP contribution in [0.4, 0.5) is 11.6 Å². The SMILES string of the molecule is Cc1cc(Nc2ncc(Br)c(O[C@H](C)[C@@H](C)O)n2)cc(C)c1S(N)=O. The molecule has 1 unspecified atom stereocenters. The molecular formula is C16H21BrN4O3S. The van der Waals surface area contributed by atoms with E-state index in [0.717, 1.165) is 16.8 Å². The highest BCUT2D eigenvalue weighted by atomic mass is 79.9. The quantitative estimate of drug-likeness (QED) is 0.652. The van der Waals surface area contributed by atoms with Gasteiger partial charge in [-0.05, 0) is 66.9 Å². The number of halogens is 1. The van der Waals surface area contributed by atoms with Gasteiger partial charge in [0.2, 0.25) is 11.8 Å². The largest absolute Gasteiger partial charge is 0.471 e. The molecule has 0 saturated carbocycles. The summed E-state index contributed by atoms with van der Waals surface area (Å²) in [6.07, 6.45) is 0.526. The maximum absolute atomic E-state index is 11.6. The average Bonchev–Trinajstić information content (AvgIpc) is 2.49. The maximum Gasteiger partial charge on any atom is 0.233 e. The molecule has 0 aliphatic heterocycles. The minimum Gasteiger partial charge on any atom is -0.471 e. The molecule has 2 rings (SSSR count). The van der Waals surface area contributed by atoms with E-state index in [9.17, 15) is 9.32 Å². The molecule has 1 aromatic heterocycles. The lowest BCUT2D eigenvalue weighted by molar-refractivity contribution is 0.0569. The molecule has 0 amide bonds. The molecule has 9 heteroatoms. The van der Waals surface area contributed by atoms with Crippen molar-refractivity contribution in [2.75, 3.05) is 5.32 Å². The lowest BCUT2D eigenvalue weighted by Crippen LogP contribution is -2.26. The zero-order valence-corrected chi connectivity index (χ0v) is 16.8. The first-order valence-electron chi connectivity index (χ1n) is 7.60. The van der Waals surface area contributed by atoms with E-state index in [1.54, 1.807) is 20.0 Å². The molecule has 0 bridgehead atoms. The highest BCUT2D eigenvalue weighted by Gasteiger charge is 2.15. The fourth-order valence-corrected chi connectivity index (χ4v) is 3.27. The Hall–Kier alpha value is -1.55. The number of nitrogens with zero attached hydrogens (tertiary/aromatic N) is 2. The first kappa shape index (κ1) is 19.8. The minimum absolute atomic E-state index is 0.332. The topological polar surface area (TPSA) is 110 Å². The van der Waals surface area contributed by atoms with Gasteiger partial charge in [0.05, 0.1) is 21.7 Å². The molecule has 4 N–H and O–H groups in total. The maximum atomic E-state index is 11.6. The van der Waals surface area contributed by atoms with Crippen molar-refractivity contribution in [3.8, 4) is 5.88 Å². The Labute approximate surface area is 157 Å². The van der Waals surface area contributed by atoms with Crippen molar-refractivity contribution < 1.29 is 14.1 Å². The van der Waals surface area contributed by atoms with Crippen LogP contribution in [0.1, 0.15) is 25.0 Å². The lowest BCUT2D eigenvalue weighted by atomic mass is 10.1. The van der Waals surface area contributed by atoms with Gasteiger partial charge >= 0.3 is 0 Å². The Morgan fingerprint density at radius 3 is 2.44 bits per heavy atom. The van der Waals surface area contributed by atoms with Gasteiger partial charge in [0.25, 0.3) is 0 Å². The number of anilines is 2. The molecule has 1 heterocycles. The molecule has 0 saturated heterocycles. The molecule has 3 atom stereocenters. The molecule has 0 fully saturated rings. The number of ether oxygens (including phenoxy) is 1. The molecule has 1 aromatic carbocycles. The van der Waals surface area contributed by atoms with Crippen molar-refractivity contribution >= 4 is 38.6 Å². The van der Waals surface area contributed by atoms with E-state index in [1.807, 2.05) is 26.0 Å². The summed E-state index contributed by atoms with van der Waals surface area (Å²) in [6.45, 7) is 7.09. The zero-order chi connectivity index (χ0) is 18.7. The molecule has 136 valence electrons. The first-order valence-corrected chi connectivity index (χ1v) is 9.61.